The predicted octanol–water partition coefficient (Wildman–Crippen LogP) is 3.94. The van der Waals surface area contributed by atoms with Gasteiger partial charge in [-0.1, -0.05) is 19.1 Å². The van der Waals surface area contributed by atoms with Gasteiger partial charge in [-0.3, -0.25) is 4.79 Å². The van der Waals surface area contributed by atoms with Crippen molar-refractivity contribution in [2.75, 3.05) is 36.4 Å². The fraction of sp³-hybridized carbons (Fsp3) is 0.478. The monoisotopic (exact) mass is 414 g/mol. The molecule has 2 N–H and O–H groups in total. The standard InChI is InChI=1S/C23H31FN4O2/c1-4-12-26-22-21(24)20(10-13-27-22)28-14-11-19(15-28)30-18-8-6-17(7-9-18)16(3)23(29)25-5-2/h6-10,13,16,19H,4-5,11-12,14-15H2,1-3H3,(H,25,29)(H,26,27)/t16?,19-/m1/s1. The average Bonchev–Trinajstić information content (AvgIpc) is 3.21. The molecule has 0 spiro atoms. The summed E-state index contributed by atoms with van der Waals surface area (Å²) in [5, 5.41) is 5.88. The smallest absolute Gasteiger partial charge is 0.227 e. The minimum absolute atomic E-state index is 0.0173. The normalized spacial score (nSPS) is 16.9. The maximum atomic E-state index is 14.8. The maximum absolute atomic E-state index is 14.8. The Hall–Kier alpha value is -2.83. The second-order valence-corrected chi connectivity index (χ2v) is 7.58. The van der Waals surface area contributed by atoms with Crippen LogP contribution in [0.15, 0.2) is 36.5 Å². The van der Waals surface area contributed by atoms with Gasteiger partial charge in [0.15, 0.2) is 11.6 Å². The molecule has 162 valence electrons. The molecule has 0 aliphatic carbocycles. The van der Waals surface area contributed by atoms with Gasteiger partial charge >= 0.3 is 0 Å². The van der Waals surface area contributed by atoms with Crippen molar-refractivity contribution in [2.45, 2.75) is 45.6 Å². The van der Waals surface area contributed by atoms with Crippen LogP contribution >= 0.6 is 0 Å². The molecule has 1 aromatic carbocycles. The number of hydrogen-bond acceptors (Lipinski definition) is 5. The molecule has 2 aromatic rings. The number of aromatic nitrogens is 1. The Morgan fingerprint density at radius 1 is 1.30 bits per heavy atom. The molecule has 3 rings (SSSR count). The van der Waals surface area contributed by atoms with Gasteiger partial charge in [0.1, 0.15) is 11.9 Å². The molecule has 2 heterocycles. The number of nitrogens with one attached hydrogen (secondary N) is 2. The summed E-state index contributed by atoms with van der Waals surface area (Å²) in [6.45, 7) is 8.49. The minimum atomic E-state index is -0.310. The van der Waals surface area contributed by atoms with Crippen LogP contribution in [0.4, 0.5) is 15.9 Å². The van der Waals surface area contributed by atoms with Crippen molar-refractivity contribution >= 4 is 17.4 Å². The van der Waals surface area contributed by atoms with Gasteiger partial charge in [0, 0.05) is 32.3 Å². The lowest BCUT2D eigenvalue weighted by Crippen LogP contribution is -2.27. The Balaban J connectivity index is 1.59. The van der Waals surface area contributed by atoms with Gasteiger partial charge in [0.05, 0.1) is 18.2 Å². The molecule has 1 aliphatic heterocycles. The first kappa shape index (κ1) is 21.9. The summed E-state index contributed by atoms with van der Waals surface area (Å²) in [4.78, 5) is 18.1. The Morgan fingerprint density at radius 3 is 2.77 bits per heavy atom. The van der Waals surface area contributed by atoms with E-state index in [0.717, 1.165) is 30.7 Å². The van der Waals surface area contributed by atoms with E-state index in [4.69, 9.17) is 4.74 Å². The zero-order valence-electron chi connectivity index (χ0n) is 18.0. The number of pyridine rings is 1. The fourth-order valence-corrected chi connectivity index (χ4v) is 3.59. The molecule has 1 aliphatic rings. The molecule has 1 saturated heterocycles. The number of likely N-dealkylation sites (N-methyl/N-ethyl adjacent to an activating group) is 1. The van der Waals surface area contributed by atoms with Gasteiger partial charge < -0.3 is 20.3 Å². The van der Waals surface area contributed by atoms with Crippen LogP contribution in [0.3, 0.4) is 0 Å². The number of carbonyl (C=O) groups excluding carboxylic acids is 1. The molecule has 0 bridgehead atoms. The Bertz CT molecular complexity index is 844. The van der Waals surface area contributed by atoms with Crippen LogP contribution < -0.4 is 20.3 Å². The number of anilines is 2. The molecular formula is C23H31FN4O2. The SMILES string of the molecule is CCCNc1nccc(N2CC[C@@H](Oc3ccc(C(C)C(=O)NCC)cc3)C2)c1F. The highest BCUT2D eigenvalue weighted by Crippen LogP contribution is 2.29. The molecule has 0 saturated carbocycles. The van der Waals surface area contributed by atoms with E-state index in [1.807, 2.05) is 49.9 Å². The first-order valence-corrected chi connectivity index (χ1v) is 10.7. The zero-order chi connectivity index (χ0) is 21.5. The largest absolute Gasteiger partial charge is 0.489 e. The van der Waals surface area contributed by atoms with Crippen molar-refractivity contribution in [2.24, 2.45) is 0 Å². The van der Waals surface area contributed by atoms with Gasteiger partial charge in [-0.05, 0) is 44.0 Å². The van der Waals surface area contributed by atoms with Gasteiger partial charge in [-0.2, -0.15) is 0 Å². The topological polar surface area (TPSA) is 66.5 Å². The van der Waals surface area contributed by atoms with Crippen molar-refractivity contribution in [1.82, 2.24) is 10.3 Å². The van der Waals surface area contributed by atoms with Crippen LogP contribution in [-0.2, 0) is 4.79 Å². The number of hydrogen-bond donors (Lipinski definition) is 2. The summed E-state index contributed by atoms with van der Waals surface area (Å²) in [5.74, 6) is 0.566. The summed E-state index contributed by atoms with van der Waals surface area (Å²) in [6, 6.07) is 9.36. The number of halogens is 1. The fourth-order valence-electron chi connectivity index (χ4n) is 3.59. The highest BCUT2D eigenvalue weighted by atomic mass is 19.1. The molecule has 7 heteroatoms. The summed E-state index contributed by atoms with van der Waals surface area (Å²) < 4.78 is 20.9. The Kier molecular flexibility index (Phi) is 7.49. The summed E-state index contributed by atoms with van der Waals surface area (Å²) in [7, 11) is 0. The lowest BCUT2D eigenvalue weighted by Gasteiger charge is -2.21. The molecule has 1 aromatic heterocycles. The number of amides is 1. The first-order valence-electron chi connectivity index (χ1n) is 10.7. The zero-order valence-corrected chi connectivity index (χ0v) is 18.0. The third kappa shape index (κ3) is 5.20. The minimum Gasteiger partial charge on any atom is -0.489 e. The Labute approximate surface area is 177 Å². The van der Waals surface area contributed by atoms with E-state index in [0.29, 0.717) is 31.1 Å². The van der Waals surface area contributed by atoms with Crippen molar-refractivity contribution in [3.63, 3.8) is 0 Å². The maximum Gasteiger partial charge on any atom is 0.227 e. The molecule has 0 radical (unpaired) electrons. The number of benzene rings is 1. The average molecular weight is 415 g/mol. The molecule has 2 atom stereocenters. The van der Waals surface area contributed by atoms with E-state index >= 15 is 0 Å². The lowest BCUT2D eigenvalue weighted by atomic mass is 10.0. The second-order valence-electron chi connectivity index (χ2n) is 7.58. The molecule has 1 fully saturated rings. The summed E-state index contributed by atoms with van der Waals surface area (Å²) in [5.41, 5.74) is 1.51. The van der Waals surface area contributed by atoms with E-state index < -0.39 is 0 Å². The third-order valence-electron chi connectivity index (χ3n) is 5.32. The van der Waals surface area contributed by atoms with E-state index in [2.05, 4.69) is 15.6 Å². The van der Waals surface area contributed by atoms with Crippen LogP contribution in [0.25, 0.3) is 0 Å². The van der Waals surface area contributed by atoms with E-state index in [9.17, 15) is 9.18 Å². The lowest BCUT2D eigenvalue weighted by molar-refractivity contribution is -0.122. The van der Waals surface area contributed by atoms with Gasteiger partial charge in [0.2, 0.25) is 5.91 Å². The number of ether oxygens (including phenoxy) is 1. The van der Waals surface area contributed by atoms with Gasteiger partial charge in [0.25, 0.3) is 0 Å². The van der Waals surface area contributed by atoms with E-state index in [-0.39, 0.29) is 23.7 Å². The third-order valence-corrected chi connectivity index (χ3v) is 5.32. The van der Waals surface area contributed by atoms with E-state index in [1.54, 1.807) is 12.3 Å². The van der Waals surface area contributed by atoms with Crippen LogP contribution in [0.2, 0.25) is 0 Å². The van der Waals surface area contributed by atoms with Crippen LogP contribution in [0.5, 0.6) is 5.75 Å². The van der Waals surface area contributed by atoms with Gasteiger partial charge in [-0.15, -0.1) is 0 Å². The number of rotatable bonds is 9. The number of carbonyl (C=O) groups is 1. The second kappa shape index (κ2) is 10.3. The molecule has 6 nitrogen and oxygen atoms in total. The predicted molar refractivity (Wildman–Crippen MR) is 118 cm³/mol. The Morgan fingerprint density at radius 2 is 2.07 bits per heavy atom. The van der Waals surface area contributed by atoms with Crippen molar-refractivity contribution < 1.29 is 13.9 Å². The highest BCUT2D eigenvalue weighted by Gasteiger charge is 2.27. The van der Waals surface area contributed by atoms with Crippen LogP contribution in [-0.4, -0.2) is 43.2 Å². The van der Waals surface area contributed by atoms with Crippen molar-refractivity contribution in [3.8, 4) is 5.75 Å². The quantitative estimate of drug-likeness (QED) is 0.651. The first-order chi connectivity index (χ1) is 14.5. The van der Waals surface area contributed by atoms with Crippen molar-refractivity contribution in [3.05, 3.63) is 47.9 Å². The molecule has 30 heavy (non-hydrogen) atoms. The summed E-state index contributed by atoms with van der Waals surface area (Å²) >= 11 is 0. The van der Waals surface area contributed by atoms with Crippen LogP contribution in [0, 0.1) is 5.82 Å². The number of nitrogens with zero attached hydrogens (tertiary/aromatic N) is 2. The van der Waals surface area contributed by atoms with Crippen LogP contribution in [0.1, 0.15) is 45.1 Å². The van der Waals surface area contributed by atoms with E-state index in [1.165, 1.54) is 0 Å². The molecular weight excluding hydrogens is 383 g/mol. The molecule has 1 unspecified atom stereocenters. The highest BCUT2D eigenvalue weighted by molar-refractivity contribution is 5.83. The summed E-state index contributed by atoms with van der Waals surface area (Å²) in [6.07, 6.45) is 3.35. The molecule has 1 amide bonds. The van der Waals surface area contributed by atoms with Gasteiger partial charge in [-0.25, -0.2) is 9.37 Å². The van der Waals surface area contributed by atoms with Crippen molar-refractivity contribution in [1.29, 1.82) is 0 Å².